The standard InChI is InChI=1S/C23H23F3N10O2/c1-13-20(32-35(31-13)12-19(27)37)21-17(26)11-28-22(30-21)33-4-6-34(7-5-33)23(38)36-18(2-3-29-36)14-8-15(24)10-16(25)9-14/h3,8-11,18H,2,4-7,12H2,1H3,(H2,27,37)/t18-/m0/s1. The lowest BCUT2D eigenvalue weighted by Crippen LogP contribution is -2.52. The van der Waals surface area contributed by atoms with Gasteiger partial charge in [0.2, 0.25) is 11.9 Å². The van der Waals surface area contributed by atoms with Gasteiger partial charge in [0.1, 0.15) is 29.6 Å². The van der Waals surface area contributed by atoms with Gasteiger partial charge >= 0.3 is 6.03 Å². The highest BCUT2D eigenvalue weighted by atomic mass is 19.1. The highest BCUT2D eigenvalue weighted by molar-refractivity contribution is 5.79. The van der Waals surface area contributed by atoms with Crippen LogP contribution in [0.25, 0.3) is 11.4 Å². The van der Waals surface area contributed by atoms with Crippen molar-refractivity contribution in [1.29, 1.82) is 0 Å². The lowest BCUT2D eigenvalue weighted by Gasteiger charge is -2.37. The first kappa shape index (κ1) is 25.1. The Labute approximate surface area is 214 Å². The van der Waals surface area contributed by atoms with Crippen LogP contribution in [0.5, 0.6) is 0 Å². The van der Waals surface area contributed by atoms with Crippen molar-refractivity contribution in [2.24, 2.45) is 10.8 Å². The Hall–Kier alpha value is -4.56. The summed E-state index contributed by atoms with van der Waals surface area (Å²) in [5.74, 6) is -2.56. The Morgan fingerprint density at radius 3 is 2.42 bits per heavy atom. The van der Waals surface area contributed by atoms with E-state index in [1.165, 1.54) is 23.4 Å². The van der Waals surface area contributed by atoms with Gasteiger partial charge in [0.25, 0.3) is 0 Å². The molecule has 0 bridgehead atoms. The first-order valence-electron chi connectivity index (χ1n) is 11.7. The number of hydrogen-bond acceptors (Lipinski definition) is 8. The van der Waals surface area contributed by atoms with E-state index in [-0.39, 0.29) is 23.9 Å². The Kier molecular flexibility index (Phi) is 6.65. The summed E-state index contributed by atoms with van der Waals surface area (Å²) in [6.07, 6.45) is 2.91. The molecule has 1 saturated heterocycles. The molecule has 4 heterocycles. The Bertz CT molecular complexity index is 1400. The van der Waals surface area contributed by atoms with Crippen LogP contribution >= 0.6 is 0 Å². The number of primary amides is 1. The van der Waals surface area contributed by atoms with E-state index < -0.39 is 35.4 Å². The lowest BCUT2D eigenvalue weighted by atomic mass is 10.0. The Balaban J connectivity index is 1.28. The maximum absolute atomic E-state index is 14.6. The topological polar surface area (TPSA) is 139 Å². The molecule has 0 saturated carbocycles. The molecule has 1 aromatic carbocycles. The summed E-state index contributed by atoms with van der Waals surface area (Å²) in [6.45, 7) is 2.63. The minimum absolute atomic E-state index is 0.0710. The fraction of sp³-hybridized carbons (Fsp3) is 0.348. The molecule has 2 aliphatic rings. The van der Waals surface area contributed by atoms with E-state index in [1.54, 1.807) is 16.7 Å². The number of aromatic nitrogens is 5. The summed E-state index contributed by atoms with van der Waals surface area (Å²) in [4.78, 5) is 37.2. The van der Waals surface area contributed by atoms with Crippen molar-refractivity contribution in [2.75, 3.05) is 31.1 Å². The highest BCUT2D eigenvalue weighted by Gasteiger charge is 2.34. The molecule has 0 unspecified atom stereocenters. The molecule has 1 atom stereocenters. The number of carbonyl (C=O) groups excluding carboxylic acids is 2. The number of anilines is 1. The fourth-order valence-corrected chi connectivity index (χ4v) is 4.42. The zero-order valence-corrected chi connectivity index (χ0v) is 20.3. The molecule has 5 rings (SSSR count). The number of nitrogens with two attached hydrogens (primary N) is 1. The first-order valence-corrected chi connectivity index (χ1v) is 11.7. The SMILES string of the molecule is Cc1nn(CC(N)=O)nc1-c1nc(N2CCN(C(=O)N3N=CC[C@H]3c3cc(F)cc(F)c3)CC2)ncc1F. The predicted molar refractivity (Wildman–Crippen MR) is 128 cm³/mol. The second-order valence-corrected chi connectivity index (χ2v) is 8.85. The summed E-state index contributed by atoms with van der Waals surface area (Å²) in [5.41, 5.74) is 5.96. The van der Waals surface area contributed by atoms with E-state index in [9.17, 15) is 22.8 Å². The molecule has 198 valence electrons. The maximum atomic E-state index is 14.6. The quantitative estimate of drug-likeness (QED) is 0.531. The average Bonchev–Trinajstić information content (AvgIpc) is 3.50. The van der Waals surface area contributed by atoms with E-state index in [0.717, 1.165) is 17.1 Å². The van der Waals surface area contributed by atoms with E-state index in [4.69, 9.17) is 5.73 Å². The first-order chi connectivity index (χ1) is 18.2. The van der Waals surface area contributed by atoms with Crippen LogP contribution in [-0.2, 0) is 11.3 Å². The largest absolute Gasteiger partial charge is 0.368 e. The van der Waals surface area contributed by atoms with Crippen LogP contribution in [0, 0.1) is 24.4 Å². The summed E-state index contributed by atoms with van der Waals surface area (Å²) >= 11 is 0. The number of amides is 3. The monoisotopic (exact) mass is 528 g/mol. The number of hydrogen-bond donors (Lipinski definition) is 1. The second-order valence-electron chi connectivity index (χ2n) is 8.85. The minimum Gasteiger partial charge on any atom is -0.368 e. The Morgan fingerprint density at radius 1 is 1.03 bits per heavy atom. The van der Waals surface area contributed by atoms with Crippen LogP contribution in [0.4, 0.5) is 23.9 Å². The van der Waals surface area contributed by atoms with Crippen molar-refractivity contribution >= 4 is 24.1 Å². The third-order valence-corrected chi connectivity index (χ3v) is 6.21. The summed E-state index contributed by atoms with van der Waals surface area (Å²) in [5, 5.41) is 13.6. The van der Waals surface area contributed by atoms with Gasteiger partial charge in [-0.25, -0.2) is 32.9 Å². The predicted octanol–water partition coefficient (Wildman–Crippen LogP) is 1.62. The molecule has 2 aliphatic heterocycles. The molecule has 3 aromatic rings. The zero-order valence-electron chi connectivity index (χ0n) is 20.3. The second kappa shape index (κ2) is 10.1. The molecule has 0 spiro atoms. The number of benzene rings is 1. The maximum Gasteiger partial charge on any atom is 0.341 e. The molecule has 3 amide bonds. The normalized spacial score (nSPS) is 17.4. The van der Waals surface area contributed by atoms with Crippen LogP contribution in [0.2, 0.25) is 0 Å². The highest BCUT2D eigenvalue weighted by Crippen LogP contribution is 2.31. The molecular formula is C23H23F3N10O2. The van der Waals surface area contributed by atoms with Crippen LogP contribution in [0.1, 0.15) is 23.7 Å². The number of aryl methyl sites for hydroxylation is 1. The van der Waals surface area contributed by atoms with Crippen molar-refractivity contribution in [3.8, 4) is 11.4 Å². The van der Waals surface area contributed by atoms with E-state index in [2.05, 4.69) is 25.3 Å². The number of halogens is 3. The van der Waals surface area contributed by atoms with Gasteiger partial charge < -0.3 is 15.5 Å². The van der Waals surface area contributed by atoms with Crippen molar-refractivity contribution in [3.63, 3.8) is 0 Å². The lowest BCUT2D eigenvalue weighted by molar-refractivity contribution is -0.118. The van der Waals surface area contributed by atoms with Crippen molar-refractivity contribution in [2.45, 2.75) is 25.9 Å². The molecule has 2 N–H and O–H groups in total. The zero-order chi connectivity index (χ0) is 27.0. The van der Waals surface area contributed by atoms with Gasteiger partial charge in [0.15, 0.2) is 5.82 Å². The Morgan fingerprint density at radius 2 is 1.74 bits per heavy atom. The summed E-state index contributed by atoms with van der Waals surface area (Å²) in [6, 6.07) is 2.16. The van der Waals surface area contributed by atoms with Gasteiger partial charge in [0.05, 0.1) is 17.9 Å². The molecule has 1 fully saturated rings. The van der Waals surface area contributed by atoms with Crippen LogP contribution in [0.3, 0.4) is 0 Å². The number of nitrogens with zero attached hydrogens (tertiary/aromatic N) is 9. The van der Waals surface area contributed by atoms with Crippen molar-refractivity contribution in [3.05, 3.63) is 53.1 Å². The number of rotatable bonds is 5. The van der Waals surface area contributed by atoms with Crippen LogP contribution < -0.4 is 10.6 Å². The number of hydrazone groups is 1. The third-order valence-electron chi connectivity index (χ3n) is 6.21. The van der Waals surface area contributed by atoms with Gasteiger partial charge in [-0.05, 0) is 24.6 Å². The van der Waals surface area contributed by atoms with E-state index >= 15 is 0 Å². The van der Waals surface area contributed by atoms with Gasteiger partial charge in [-0.1, -0.05) is 0 Å². The van der Waals surface area contributed by atoms with Crippen LogP contribution in [-0.4, -0.2) is 79.2 Å². The smallest absolute Gasteiger partial charge is 0.341 e. The van der Waals surface area contributed by atoms with Gasteiger partial charge in [-0.15, -0.1) is 0 Å². The molecule has 15 heteroatoms. The van der Waals surface area contributed by atoms with Gasteiger partial charge in [-0.3, -0.25) is 4.79 Å². The minimum atomic E-state index is -0.725. The molecule has 2 aromatic heterocycles. The van der Waals surface area contributed by atoms with Gasteiger partial charge in [0, 0.05) is 44.9 Å². The number of urea groups is 1. The molecular weight excluding hydrogens is 505 g/mol. The summed E-state index contributed by atoms with van der Waals surface area (Å²) in [7, 11) is 0. The van der Waals surface area contributed by atoms with Crippen LogP contribution in [0.15, 0.2) is 29.5 Å². The molecule has 38 heavy (non-hydrogen) atoms. The average molecular weight is 528 g/mol. The number of carbonyl (C=O) groups is 2. The van der Waals surface area contributed by atoms with Crippen molar-refractivity contribution in [1.82, 2.24) is 34.9 Å². The van der Waals surface area contributed by atoms with E-state index in [1.807, 2.05) is 0 Å². The van der Waals surface area contributed by atoms with Gasteiger partial charge in [-0.2, -0.15) is 20.1 Å². The third kappa shape index (κ3) is 4.99. The van der Waals surface area contributed by atoms with Crippen molar-refractivity contribution < 1.29 is 22.8 Å². The molecule has 12 nitrogen and oxygen atoms in total. The number of piperazine rings is 1. The molecule has 0 radical (unpaired) electrons. The van der Waals surface area contributed by atoms with E-state index in [0.29, 0.717) is 43.9 Å². The fourth-order valence-electron chi connectivity index (χ4n) is 4.42. The summed E-state index contributed by atoms with van der Waals surface area (Å²) < 4.78 is 42.1. The molecule has 0 aliphatic carbocycles.